The lowest BCUT2D eigenvalue weighted by Gasteiger charge is -2.11. The smallest absolute Gasteiger partial charge is 0.267 e. The topological polar surface area (TPSA) is 82.0 Å². The second-order valence-corrected chi connectivity index (χ2v) is 5.72. The van der Waals surface area contributed by atoms with E-state index in [9.17, 15) is 9.59 Å². The molecule has 2 N–H and O–H groups in total. The first-order chi connectivity index (χ1) is 12.6. The second kappa shape index (κ2) is 9.80. The average Bonchev–Trinajstić information content (AvgIpc) is 2.68. The summed E-state index contributed by atoms with van der Waals surface area (Å²) in [7, 11) is 0. The van der Waals surface area contributed by atoms with Crippen LogP contribution in [0.25, 0.3) is 6.08 Å². The van der Waals surface area contributed by atoms with Crippen molar-refractivity contribution < 1.29 is 9.59 Å². The SMILES string of the molecule is CCCCNC(=O)C(=Cc1ccccc1)NC(=O)c1ccc(C#N)cc1. The first-order valence-corrected chi connectivity index (χ1v) is 8.50. The van der Waals surface area contributed by atoms with E-state index in [1.165, 1.54) is 0 Å². The van der Waals surface area contributed by atoms with E-state index in [1.807, 2.05) is 43.3 Å². The maximum Gasteiger partial charge on any atom is 0.267 e. The number of benzene rings is 2. The highest BCUT2D eigenvalue weighted by atomic mass is 16.2. The molecule has 26 heavy (non-hydrogen) atoms. The number of hydrogen-bond donors (Lipinski definition) is 2. The number of nitrogens with zero attached hydrogens (tertiary/aromatic N) is 1. The fraction of sp³-hybridized carbons (Fsp3) is 0.190. The normalized spacial score (nSPS) is 10.7. The number of nitrogens with one attached hydrogen (secondary N) is 2. The number of carbonyl (C=O) groups is 2. The summed E-state index contributed by atoms with van der Waals surface area (Å²) in [5.41, 5.74) is 1.85. The molecule has 0 spiro atoms. The van der Waals surface area contributed by atoms with E-state index in [0.717, 1.165) is 18.4 Å². The molecule has 0 aliphatic rings. The molecule has 0 bridgehead atoms. The summed E-state index contributed by atoms with van der Waals surface area (Å²) in [6.07, 6.45) is 3.48. The molecule has 2 aromatic carbocycles. The van der Waals surface area contributed by atoms with Gasteiger partial charge in [-0.3, -0.25) is 9.59 Å². The highest BCUT2D eigenvalue weighted by Gasteiger charge is 2.14. The number of hydrogen-bond acceptors (Lipinski definition) is 3. The van der Waals surface area contributed by atoms with Gasteiger partial charge in [-0.25, -0.2) is 0 Å². The van der Waals surface area contributed by atoms with Gasteiger partial charge in [0.15, 0.2) is 0 Å². The van der Waals surface area contributed by atoms with Crippen molar-refractivity contribution >= 4 is 17.9 Å². The van der Waals surface area contributed by atoms with Crippen LogP contribution in [0.2, 0.25) is 0 Å². The molecule has 0 radical (unpaired) electrons. The van der Waals surface area contributed by atoms with Crippen LogP contribution in [0.5, 0.6) is 0 Å². The van der Waals surface area contributed by atoms with E-state index in [1.54, 1.807) is 30.3 Å². The Morgan fingerprint density at radius 2 is 1.77 bits per heavy atom. The predicted molar refractivity (Wildman–Crippen MR) is 101 cm³/mol. The van der Waals surface area contributed by atoms with E-state index in [2.05, 4.69) is 10.6 Å². The molecule has 0 saturated heterocycles. The summed E-state index contributed by atoms with van der Waals surface area (Å²) in [6, 6.07) is 17.6. The zero-order chi connectivity index (χ0) is 18.8. The third-order valence-corrected chi connectivity index (χ3v) is 3.70. The molecule has 5 nitrogen and oxygen atoms in total. The van der Waals surface area contributed by atoms with Gasteiger partial charge in [0, 0.05) is 12.1 Å². The lowest BCUT2D eigenvalue weighted by atomic mass is 10.1. The molecule has 0 heterocycles. The van der Waals surface area contributed by atoms with E-state index in [0.29, 0.717) is 17.7 Å². The Hall–Kier alpha value is -3.39. The average molecular weight is 347 g/mol. The quantitative estimate of drug-likeness (QED) is 0.596. The molecule has 132 valence electrons. The van der Waals surface area contributed by atoms with Crippen molar-refractivity contribution in [3.63, 3.8) is 0 Å². The number of nitriles is 1. The van der Waals surface area contributed by atoms with E-state index in [-0.39, 0.29) is 11.6 Å². The van der Waals surface area contributed by atoms with Crippen molar-refractivity contribution in [2.45, 2.75) is 19.8 Å². The van der Waals surface area contributed by atoms with E-state index in [4.69, 9.17) is 5.26 Å². The molecule has 2 aromatic rings. The minimum Gasteiger partial charge on any atom is -0.351 e. The molecular formula is C21H21N3O2. The summed E-state index contributed by atoms with van der Waals surface area (Å²) in [5.74, 6) is -0.730. The van der Waals surface area contributed by atoms with Gasteiger partial charge in [-0.05, 0) is 42.3 Å². The van der Waals surface area contributed by atoms with Crippen LogP contribution in [-0.2, 0) is 4.79 Å². The molecule has 2 rings (SSSR count). The number of unbranched alkanes of at least 4 members (excludes halogenated alkanes) is 1. The van der Waals surface area contributed by atoms with Crippen LogP contribution in [0.1, 0.15) is 41.3 Å². The van der Waals surface area contributed by atoms with Crippen molar-refractivity contribution in [3.05, 3.63) is 77.0 Å². The van der Waals surface area contributed by atoms with Crippen LogP contribution in [0.3, 0.4) is 0 Å². The molecule has 0 fully saturated rings. The predicted octanol–water partition coefficient (Wildman–Crippen LogP) is 3.25. The minimum absolute atomic E-state index is 0.182. The fourth-order valence-electron chi connectivity index (χ4n) is 2.24. The van der Waals surface area contributed by atoms with Gasteiger partial charge in [0.1, 0.15) is 5.70 Å². The lowest BCUT2D eigenvalue weighted by Crippen LogP contribution is -2.35. The Kier molecular flexibility index (Phi) is 7.14. The van der Waals surface area contributed by atoms with E-state index >= 15 is 0 Å². The van der Waals surface area contributed by atoms with Gasteiger partial charge in [-0.1, -0.05) is 43.7 Å². The molecule has 0 saturated carbocycles. The van der Waals surface area contributed by atoms with Gasteiger partial charge < -0.3 is 10.6 Å². The molecule has 0 aliphatic heterocycles. The van der Waals surface area contributed by atoms with E-state index < -0.39 is 5.91 Å². The summed E-state index contributed by atoms with van der Waals surface area (Å²) >= 11 is 0. The van der Waals surface area contributed by atoms with Gasteiger partial charge in [-0.2, -0.15) is 5.26 Å². The summed E-state index contributed by atoms with van der Waals surface area (Å²) < 4.78 is 0. The highest BCUT2D eigenvalue weighted by Crippen LogP contribution is 2.08. The van der Waals surface area contributed by atoms with Gasteiger partial charge in [0.2, 0.25) is 0 Å². The van der Waals surface area contributed by atoms with Crippen LogP contribution in [-0.4, -0.2) is 18.4 Å². The molecular weight excluding hydrogens is 326 g/mol. The summed E-state index contributed by atoms with van der Waals surface area (Å²) in [5, 5.41) is 14.3. The first kappa shape index (κ1) is 18.9. The van der Waals surface area contributed by atoms with Crippen molar-refractivity contribution in [2.75, 3.05) is 6.54 Å². The maximum atomic E-state index is 12.5. The zero-order valence-corrected chi connectivity index (χ0v) is 14.7. The summed E-state index contributed by atoms with van der Waals surface area (Å²) in [6.45, 7) is 2.59. The standard InChI is InChI=1S/C21H21N3O2/c1-2-3-13-23-21(26)19(14-16-7-5-4-6-8-16)24-20(25)18-11-9-17(15-22)10-12-18/h4-12,14H,2-3,13H2,1H3,(H,23,26)(H,24,25). The zero-order valence-electron chi connectivity index (χ0n) is 14.7. The second-order valence-electron chi connectivity index (χ2n) is 5.72. The third-order valence-electron chi connectivity index (χ3n) is 3.70. The Morgan fingerprint density at radius 3 is 2.38 bits per heavy atom. The van der Waals surface area contributed by atoms with Gasteiger partial charge in [-0.15, -0.1) is 0 Å². The highest BCUT2D eigenvalue weighted by molar-refractivity contribution is 6.05. The van der Waals surface area contributed by atoms with Crippen LogP contribution in [0.15, 0.2) is 60.3 Å². The van der Waals surface area contributed by atoms with Gasteiger partial charge in [0.05, 0.1) is 11.6 Å². The Balaban J connectivity index is 2.19. The van der Waals surface area contributed by atoms with Crippen LogP contribution in [0, 0.1) is 11.3 Å². The summed E-state index contributed by atoms with van der Waals surface area (Å²) in [4.78, 5) is 24.9. The number of rotatable bonds is 7. The van der Waals surface area contributed by atoms with Crippen molar-refractivity contribution in [1.29, 1.82) is 5.26 Å². The molecule has 0 aromatic heterocycles. The van der Waals surface area contributed by atoms with Crippen LogP contribution >= 0.6 is 0 Å². The minimum atomic E-state index is -0.401. The van der Waals surface area contributed by atoms with Crippen LogP contribution < -0.4 is 10.6 Å². The number of carbonyl (C=O) groups excluding carboxylic acids is 2. The Labute approximate surface area is 153 Å². The molecule has 5 heteroatoms. The first-order valence-electron chi connectivity index (χ1n) is 8.50. The van der Waals surface area contributed by atoms with Crippen LogP contribution in [0.4, 0.5) is 0 Å². The fourth-order valence-corrected chi connectivity index (χ4v) is 2.24. The Bertz CT molecular complexity index is 819. The van der Waals surface area contributed by atoms with Gasteiger partial charge >= 0.3 is 0 Å². The molecule has 0 atom stereocenters. The van der Waals surface area contributed by atoms with Crippen molar-refractivity contribution in [2.24, 2.45) is 0 Å². The van der Waals surface area contributed by atoms with Gasteiger partial charge in [0.25, 0.3) is 11.8 Å². The third kappa shape index (κ3) is 5.60. The monoisotopic (exact) mass is 347 g/mol. The Morgan fingerprint density at radius 1 is 1.08 bits per heavy atom. The maximum absolute atomic E-state index is 12.5. The molecule has 0 aliphatic carbocycles. The molecule has 0 unspecified atom stereocenters. The van der Waals surface area contributed by atoms with Crippen molar-refractivity contribution in [1.82, 2.24) is 10.6 Å². The lowest BCUT2D eigenvalue weighted by molar-refractivity contribution is -0.117. The number of amides is 2. The largest absolute Gasteiger partial charge is 0.351 e. The van der Waals surface area contributed by atoms with Crippen molar-refractivity contribution in [3.8, 4) is 6.07 Å². The molecule has 2 amide bonds.